The van der Waals surface area contributed by atoms with Crippen molar-refractivity contribution in [3.63, 3.8) is 0 Å². The van der Waals surface area contributed by atoms with Crippen LogP contribution in [0.5, 0.6) is 0 Å². The highest BCUT2D eigenvalue weighted by Gasteiger charge is 2.17. The van der Waals surface area contributed by atoms with Crippen LogP contribution in [0.25, 0.3) is 0 Å². The van der Waals surface area contributed by atoms with E-state index in [1.807, 2.05) is 12.1 Å². The van der Waals surface area contributed by atoms with E-state index in [4.69, 9.17) is 5.11 Å². The van der Waals surface area contributed by atoms with Crippen LogP contribution in [-0.2, 0) is 11.2 Å². The van der Waals surface area contributed by atoms with Crippen LogP contribution in [0, 0.1) is 5.92 Å². The third kappa shape index (κ3) is 3.05. The lowest BCUT2D eigenvalue weighted by atomic mass is 10.1. The van der Waals surface area contributed by atoms with Gasteiger partial charge >= 0.3 is 5.97 Å². The van der Waals surface area contributed by atoms with Gasteiger partial charge in [-0.2, -0.15) is 0 Å². The molecule has 0 saturated heterocycles. The summed E-state index contributed by atoms with van der Waals surface area (Å²) < 4.78 is 0. The molecule has 1 amide bonds. The van der Waals surface area contributed by atoms with Crippen LogP contribution in [-0.4, -0.2) is 30.1 Å². The van der Waals surface area contributed by atoms with Gasteiger partial charge in [0.15, 0.2) is 0 Å². The summed E-state index contributed by atoms with van der Waals surface area (Å²) in [6, 6.07) is 5.52. The molecule has 1 aliphatic heterocycles. The molecule has 19 heavy (non-hydrogen) atoms. The summed E-state index contributed by atoms with van der Waals surface area (Å²) in [5.41, 5.74) is 2.80. The minimum atomic E-state index is -0.874. The predicted molar refractivity (Wildman–Crippen MR) is 72.4 cm³/mol. The van der Waals surface area contributed by atoms with Gasteiger partial charge in [-0.3, -0.25) is 9.59 Å². The summed E-state index contributed by atoms with van der Waals surface area (Å²) in [5, 5.41) is 14.8. The van der Waals surface area contributed by atoms with Crippen LogP contribution in [0.3, 0.4) is 0 Å². The lowest BCUT2D eigenvalue weighted by molar-refractivity contribution is -0.141. The van der Waals surface area contributed by atoms with E-state index in [-0.39, 0.29) is 12.5 Å². The third-order valence-electron chi connectivity index (χ3n) is 3.43. The molecule has 5 heteroatoms. The van der Waals surface area contributed by atoms with Crippen LogP contribution in [0.4, 0.5) is 5.69 Å². The maximum Gasteiger partial charge on any atom is 0.308 e. The second-order valence-electron chi connectivity index (χ2n) is 4.70. The average Bonchev–Trinajstić information content (AvgIpc) is 2.85. The van der Waals surface area contributed by atoms with Gasteiger partial charge in [0, 0.05) is 24.3 Å². The zero-order valence-corrected chi connectivity index (χ0v) is 10.9. The van der Waals surface area contributed by atoms with Gasteiger partial charge in [-0.05, 0) is 36.6 Å². The van der Waals surface area contributed by atoms with E-state index < -0.39 is 11.9 Å². The number of carboxylic acid groups (broad SMARTS) is 1. The summed E-state index contributed by atoms with van der Waals surface area (Å²) in [6.45, 7) is 2.86. The molecule has 0 bridgehead atoms. The fourth-order valence-electron chi connectivity index (χ4n) is 2.17. The van der Waals surface area contributed by atoms with Crippen LogP contribution >= 0.6 is 0 Å². The lowest BCUT2D eigenvalue weighted by Crippen LogP contribution is -2.32. The standard InChI is InChI=1S/C14H18N2O3/c1-2-9(14(18)19)8-16-13(17)11-3-4-12-10(7-11)5-6-15-12/h3-4,7,9,15H,2,5-6,8H2,1H3,(H,16,17)(H,18,19). The maximum atomic E-state index is 12.0. The minimum absolute atomic E-state index is 0.167. The molecule has 1 unspecified atom stereocenters. The molecular weight excluding hydrogens is 244 g/mol. The molecule has 1 heterocycles. The van der Waals surface area contributed by atoms with Gasteiger partial charge in [0.25, 0.3) is 5.91 Å². The number of hydrogen-bond donors (Lipinski definition) is 3. The smallest absolute Gasteiger partial charge is 0.308 e. The van der Waals surface area contributed by atoms with Crippen LogP contribution < -0.4 is 10.6 Å². The highest BCUT2D eigenvalue weighted by molar-refractivity contribution is 5.95. The fraction of sp³-hybridized carbons (Fsp3) is 0.429. The molecule has 5 nitrogen and oxygen atoms in total. The monoisotopic (exact) mass is 262 g/mol. The minimum Gasteiger partial charge on any atom is -0.481 e. The number of benzene rings is 1. The molecule has 1 atom stereocenters. The molecule has 0 spiro atoms. The Morgan fingerprint density at radius 2 is 2.26 bits per heavy atom. The zero-order chi connectivity index (χ0) is 13.8. The number of fused-ring (bicyclic) bond motifs is 1. The molecule has 1 aromatic carbocycles. The number of aliphatic carboxylic acids is 1. The molecule has 0 aliphatic carbocycles. The van der Waals surface area contributed by atoms with Crippen molar-refractivity contribution in [3.8, 4) is 0 Å². The normalized spacial score (nSPS) is 14.4. The maximum absolute atomic E-state index is 12.0. The number of nitrogens with one attached hydrogen (secondary N) is 2. The molecular formula is C14H18N2O3. The SMILES string of the molecule is CCC(CNC(=O)c1ccc2c(c1)CCN2)C(=O)O. The van der Waals surface area contributed by atoms with Gasteiger partial charge in [0.05, 0.1) is 5.92 Å². The second-order valence-corrected chi connectivity index (χ2v) is 4.70. The van der Waals surface area contributed by atoms with Crippen LogP contribution in [0.1, 0.15) is 29.3 Å². The number of carboxylic acids is 1. The van der Waals surface area contributed by atoms with Crippen molar-refractivity contribution in [1.29, 1.82) is 0 Å². The Balaban J connectivity index is 1.98. The molecule has 102 valence electrons. The number of rotatable bonds is 5. The molecule has 1 aliphatic rings. The lowest BCUT2D eigenvalue weighted by Gasteiger charge is -2.11. The highest BCUT2D eigenvalue weighted by Crippen LogP contribution is 2.22. The van der Waals surface area contributed by atoms with Crippen molar-refractivity contribution < 1.29 is 14.7 Å². The summed E-state index contributed by atoms with van der Waals surface area (Å²) in [6.07, 6.45) is 1.42. The van der Waals surface area contributed by atoms with Crippen molar-refractivity contribution in [2.75, 3.05) is 18.4 Å². The quantitative estimate of drug-likeness (QED) is 0.751. The van der Waals surface area contributed by atoms with Gasteiger partial charge in [-0.1, -0.05) is 6.92 Å². The molecule has 1 aromatic rings. The Kier molecular flexibility index (Phi) is 4.04. The molecule has 0 aromatic heterocycles. The predicted octanol–water partition coefficient (Wildman–Crippen LogP) is 1.50. The van der Waals surface area contributed by atoms with Crippen molar-refractivity contribution in [1.82, 2.24) is 5.32 Å². The topological polar surface area (TPSA) is 78.4 Å². The molecule has 3 N–H and O–H groups in total. The summed E-state index contributed by atoms with van der Waals surface area (Å²) in [4.78, 5) is 22.8. The van der Waals surface area contributed by atoms with E-state index in [1.54, 1.807) is 13.0 Å². The Morgan fingerprint density at radius 3 is 2.95 bits per heavy atom. The second kappa shape index (κ2) is 5.73. The Morgan fingerprint density at radius 1 is 1.47 bits per heavy atom. The molecule has 0 radical (unpaired) electrons. The summed E-state index contributed by atoms with van der Waals surface area (Å²) in [5.74, 6) is -1.62. The third-order valence-corrected chi connectivity index (χ3v) is 3.43. The van der Waals surface area contributed by atoms with E-state index in [2.05, 4.69) is 10.6 Å². The fourth-order valence-corrected chi connectivity index (χ4v) is 2.17. The van der Waals surface area contributed by atoms with Crippen molar-refractivity contribution in [2.24, 2.45) is 5.92 Å². The number of carbonyl (C=O) groups excluding carboxylic acids is 1. The van der Waals surface area contributed by atoms with E-state index in [0.717, 1.165) is 24.2 Å². The van der Waals surface area contributed by atoms with E-state index >= 15 is 0 Å². The van der Waals surface area contributed by atoms with Crippen molar-refractivity contribution >= 4 is 17.6 Å². The first-order valence-corrected chi connectivity index (χ1v) is 6.49. The van der Waals surface area contributed by atoms with Gasteiger partial charge < -0.3 is 15.7 Å². The van der Waals surface area contributed by atoms with Gasteiger partial charge in [-0.15, -0.1) is 0 Å². The number of carbonyl (C=O) groups is 2. The van der Waals surface area contributed by atoms with Crippen molar-refractivity contribution in [2.45, 2.75) is 19.8 Å². The number of amides is 1. The molecule has 0 fully saturated rings. The Bertz CT molecular complexity index is 499. The van der Waals surface area contributed by atoms with Crippen LogP contribution in [0.15, 0.2) is 18.2 Å². The molecule has 2 rings (SSSR count). The van der Waals surface area contributed by atoms with Gasteiger partial charge in [-0.25, -0.2) is 0 Å². The zero-order valence-electron chi connectivity index (χ0n) is 10.9. The average molecular weight is 262 g/mol. The van der Waals surface area contributed by atoms with E-state index in [0.29, 0.717) is 12.0 Å². The van der Waals surface area contributed by atoms with Gasteiger partial charge in [0.1, 0.15) is 0 Å². The van der Waals surface area contributed by atoms with Crippen molar-refractivity contribution in [3.05, 3.63) is 29.3 Å². The number of anilines is 1. The van der Waals surface area contributed by atoms with E-state index in [9.17, 15) is 9.59 Å². The first-order valence-electron chi connectivity index (χ1n) is 6.49. The van der Waals surface area contributed by atoms with Crippen LogP contribution in [0.2, 0.25) is 0 Å². The first kappa shape index (κ1) is 13.4. The number of hydrogen-bond acceptors (Lipinski definition) is 3. The van der Waals surface area contributed by atoms with Gasteiger partial charge in [0.2, 0.25) is 0 Å². The Hall–Kier alpha value is -2.04. The highest BCUT2D eigenvalue weighted by atomic mass is 16.4. The largest absolute Gasteiger partial charge is 0.481 e. The molecule has 0 saturated carbocycles. The van der Waals surface area contributed by atoms with E-state index in [1.165, 1.54) is 0 Å². The first-order chi connectivity index (χ1) is 9.11. The Labute approximate surface area is 112 Å². The summed E-state index contributed by atoms with van der Waals surface area (Å²) >= 11 is 0. The summed E-state index contributed by atoms with van der Waals surface area (Å²) in [7, 11) is 0.